The fourth-order valence-electron chi connectivity index (χ4n) is 2.48. The van der Waals surface area contributed by atoms with Crippen LogP contribution in [-0.2, 0) is 0 Å². The van der Waals surface area contributed by atoms with Crippen LogP contribution < -0.4 is 0 Å². The summed E-state index contributed by atoms with van der Waals surface area (Å²) in [6.45, 7) is 5.06. The van der Waals surface area contributed by atoms with Crippen LogP contribution in [0.2, 0.25) is 0 Å². The van der Waals surface area contributed by atoms with Gasteiger partial charge in [0, 0.05) is 20.0 Å². The lowest BCUT2D eigenvalue weighted by atomic mass is 10.0. The van der Waals surface area contributed by atoms with E-state index in [9.17, 15) is 5.26 Å². The van der Waals surface area contributed by atoms with Crippen LogP contribution in [0.4, 0.5) is 5.69 Å². The Kier molecular flexibility index (Phi) is 4.21. The fraction of sp³-hybridized carbons (Fsp3) is 0.500. The van der Waals surface area contributed by atoms with Crippen molar-refractivity contribution in [2.45, 2.75) is 39.5 Å². The third-order valence-corrected chi connectivity index (χ3v) is 3.78. The maximum Gasteiger partial charge on any atom is 0.105 e. The largest absolute Gasteiger partial charge is 0.363 e. The van der Waals surface area contributed by atoms with Gasteiger partial charge < -0.3 is 4.90 Å². The number of benzene rings is 1. The minimum absolute atomic E-state index is 0.713. The normalized spacial score (nSPS) is 18.2. The standard InChI is InChI=1S/C16H21N3/c1-12-8-9-13(2)16(14(12)11-17)18-15-7-5-4-6-10-19(15)3/h8-9H,4-7,10H2,1-3H3. The van der Waals surface area contributed by atoms with Crippen molar-refractivity contribution < 1.29 is 0 Å². The van der Waals surface area contributed by atoms with Gasteiger partial charge in [-0.15, -0.1) is 0 Å². The van der Waals surface area contributed by atoms with Crippen LogP contribution >= 0.6 is 0 Å². The van der Waals surface area contributed by atoms with Crippen molar-refractivity contribution in [2.75, 3.05) is 13.6 Å². The van der Waals surface area contributed by atoms with Gasteiger partial charge in [-0.1, -0.05) is 18.6 Å². The van der Waals surface area contributed by atoms with E-state index >= 15 is 0 Å². The van der Waals surface area contributed by atoms with Crippen molar-refractivity contribution in [3.8, 4) is 6.07 Å². The number of rotatable bonds is 1. The third-order valence-electron chi connectivity index (χ3n) is 3.78. The van der Waals surface area contributed by atoms with E-state index in [1.165, 1.54) is 19.3 Å². The number of aliphatic imine (C=N–C) groups is 1. The highest BCUT2D eigenvalue weighted by Gasteiger charge is 2.14. The lowest BCUT2D eigenvalue weighted by Gasteiger charge is -2.19. The minimum atomic E-state index is 0.713. The zero-order chi connectivity index (χ0) is 13.8. The van der Waals surface area contributed by atoms with E-state index in [0.29, 0.717) is 5.56 Å². The second-order valence-corrected chi connectivity index (χ2v) is 5.30. The van der Waals surface area contributed by atoms with Gasteiger partial charge in [0.05, 0.1) is 11.3 Å². The molecular formula is C16H21N3. The summed E-state index contributed by atoms with van der Waals surface area (Å²) < 4.78 is 0. The van der Waals surface area contributed by atoms with Crippen LogP contribution in [0.1, 0.15) is 42.4 Å². The molecule has 0 bridgehead atoms. The van der Waals surface area contributed by atoms with Gasteiger partial charge in [-0.2, -0.15) is 5.26 Å². The van der Waals surface area contributed by atoms with Crippen LogP contribution in [0.5, 0.6) is 0 Å². The Bertz CT molecular complexity index is 538. The quantitative estimate of drug-likeness (QED) is 0.767. The average molecular weight is 255 g/mol. The molecule has 3 heteroatoms. The van der Waals surface area contributed by atoms with Crippen LogP contribution in [0.15, 0.2) is 17.1 Å². The van der Waals surface area contributed by atoms with Crippen molar-refractivity contribution in [1.29, 1.82) is 5.26 Å². The summed E-state index contributed by atoms with van der Waals surface area (Å²) in [7, 11) is 2.10. The zero-order valence-electron chi connectivity index (χ0n) is 12.0. The summed E-state index contributed by atoms with van der Waals surface area (Å²) in [6.07, 6.45) is 4.69. The van der Waals surface area contributed by atoms with Crippen LogP contribution in [0.3, 0.4) is 0 Å². The van der Waals surface area contributed by atoms with E-state index in [4.69, 9.17) is 4.99 Å². The van der Waals surface area contributed by atoms with E-state index in [0.717, 1.165) is 35.6 Å². The number of hydrogen-bond acceptors (Lipinski definition) is 2. The lowest BCUT2D eigenvalue weighted by molar-refractivity contribution is 0.494. The number of nitrogens with zero attached hydrogens (tertiary/aromatic N) is 3. The molecule has 19 heavy (non-hydrogen) atoms. The van der Waals surface area contributed by atoms with Crippen molar-refractivity contribution in [2.24, 2.45) is 4.99 Å². The Morgan fingerprint density at radius 3 is 2.63 bits per heavy atom. The van der Waals surface area contributed by atoms with Gasteiger partial charge in [-0.05, 0) is 37.8 Å². The van der Waals surface area contributed by atoms with Crippen molar-refractivity contribution in [3.63, 3.8) is 0 Å². The smallest absolute Gasteiger partial charge is 0.105 e. The maximum atomic E-state index is 9.34. The third kappa shape index (κ3) is 2.96. The number of aryl methyl sites for hydroxylation is 2. The molecular weight excluding hydrogens is 234 g/mol. The molecule has 1 fully saturated rings. The molecule has 1 heterocycles. The van der Waals surface area contributed by atoms with Crippen molar-refractivity contribution in [1.82, 2.24) is 4.90 Å². The van der Waals surface area contributed by atoms with Gasteiger partial charge in [0.2, 0.25) is 0 Å². The molecule has 0 saturated carbocycles. The highest BCUT2D eigenvalue weighted by molar-refractivity contribution is 5.86. The van der Waals surface area contributed by atoms with Crippen LogP contribution in [0, 0.1) is 25.2 Å². The van der Waals surface area contributed by atoms with Gasteiger partial charge in [0.25, 0.3) is 0 Å². The van der Waals surface area contributed by atoms with Gasteiger partial charge in [-0.3, -0.25) is 0 Å². The molecule has 1 saturated heterocycles. The predicted octanol–water partition coefficient (Wildman–Crippen LogP) is 3.71. The first-order chi connectivity index (χ1) is 9.13. The Balaban J connectivity index is 2.47. The number of hydrogen-bond donors (Lipinski definition) is 0. The molecule has 3 nitrogen and oxygen atoms in total. The van der Waals surface area contributed by atoms with E-state index in [2.05, 4.69) is 18.0 Å². The highest BCUT2D eigenvalue weighted by Crippen LogP contribution is 2.28. The lowest BCUT2D eigenvalue weighted by Crippen LogP contribution is -2.25. The van der Waals surface area contributed by atoms with Crippen LogP contribution in [-0.4, -0.2) is 24.3 Å². The zero-order valence-corrected chi connectivity index (χ0v) is 12.0. The Labute approximate surface area is 115 Å². The van der Waals surface area contributed by atoms with Gasteiger partial charge >= 0.3 is 0 Å². The molecule has 1 aromatic carbocycles. The van der Waals surface area contributed by atoms with Gasteiger partial charge in [-0.25, -0.2) is 4.99 Å². The molecule has 1 aliphatic heterocycles. The summed E-state index contributed by atoms with van der Waals surface area (Å²) >= 11 is 0. The molecule has 1 aromatic rings. The first kappa shape index (κ1) is 13.6. The second-order valence-electron chi connectivity index (χ2n) is 5.30. The molecule has 100 valence electrons. The molecule has 0 atom stereocenters. The second kappa shape index (κ2) is 5.88. The molecule has 2 rings (SSSR count). The van der Waals surface area contributed by atoms with Gasteiger partial charge in [0.1, 0.15) is 11.9 Å². The summed E-state index contributed by atoms with van der Waals surface area (Å²) in [5.41, 5.74) is 3.65. The summed E-state index contributed by atoms with van der Waals surface area (Å²) in [4.78, 5) is 7.04. The molecule has 0 unspecified atom stereocenters. The Morgan fingerprint density at radius 1 is 1.16 bits per heavy atom. The molecule has 0 N–H and O–H groups in total. The SMILES string of the molecule is Cc1ccc(C)c(N=C2CCCCCN2C)c1C#N. The summed E-state index contributed by atoms with van der Waals surface area (Å²) in [6, 6.07) is 6.34. The number of amidine groups is 1. The monoisotopic (exact) mass is 255 g/mol. The molecule has 0 amide bonds. The van der Waals surface area contributed by atoms with Crippen molar-refractivity contribution >= 4 is 11.5 Å². The first-order valence-corrected chi connectivity index (χ1v) is 6.92. The minimum Gasteiger partial charge on any atom is -0.363 e. The molecule has 0 spiro atoms. The number of likely N-dealkylation sites (tertiary alicyclic amines) is 1. The van der Waals surface area contributed by atoms with Gasteiger partial charge in [0.15, 0.2) is 0 Å². The average Bonchev–Trinajstić information content (AvgIpc) is 2.60. The predicted molar refractivity (Wildman–Crippen MR) is 78.8 cm³/mol. The van der Waals surface area contributed by atoms with Crippen LogP contribution in [0.25, 0.3) is 0 Å². The van der Waals surface area contributed by atoms with Crippen molar-refractivity contribution in [3.05, 3.63) is 28.8 Å². The Hall–Kier alpha value is -1.82. The molecule has 0 radical (unpaired) electrons. The maximum absolute atomic E-state index is 9.34. The van der Waals surface area contributed by atoms with E-state index < -0.39 is 0 Å². The summed E-state index contributed by atoms with van der Waals surface area (Å²) in [5.74, 6) is 1.11. The number of nitriles is 1. The molecule has 1 aliphatic rings. The topological polar surface area (TPSA) is 39.4 Å². The highest BCUT2D eigenvalue weighted by atomic mass is 15.2. The van der Waals surface area contributed by atoms with E-state index in [1.807, 2.05) is 26.0 Å². The fourth-order valence-corrected chi connectivity index (χ4v) is 2.48. The molecule has 0 aliphatic carbocycles. The summed E-state index contributed by atoms with van der Waals surface area (Å²) in [5, 5.41) is 9.34. The van der Waals surface area contributed by atoms with E-state index in [1.54, 1.807) is 0 Å². The Morgan fingerprint density at radius 2 is 1.89 bits per heavy atom. The first-order valence-electron chi connectivity index (χ1n) is 6.92. The van der Waals surface area contributed by atoms with E-state index in [-0.39, 0.29) is 0 Å². The molecule has 0 aromatic heterocycles.